The predicted molar refractivity (Wildman–Crippen MR) is 98.8 cm³/mol. The molecule has 0 aromatic heterocycles. The van der Waals surface area contributed by atoms with Crippen molar-refractivity contribution in [3.8, 4) is 0 Å². The van der Waals surface area contributed by atoms with Crippen LogP contribution >= 0.6 is 0 Å². The lowest BCUT2D eigenvalue weighted by atomic mass is 9.85. The third-order valence-electron chi connectivity index (χ3n) is 5.59. The molecule has 2 atom stereocenters. The molecule has 2 heterocycles. The monoisotopic (exact) mass is 394 g/mol. The average molecular weight is 394 g/mol. The molecule has 148 valence electrons. The quantitative estimate of drug-likeness (QED) is 0.419. The van der Waals surface area contributed by atoms with Gasteiger partial charge in [0.1, 0.15) is 6.10 Å². The van der Waals surface area contributed by atoms with Gasteiger partial charge in [-0.15, -0.1) is 0 Å². The van der Waals surface area contributed by atoms with Crippen LogP contribution < -0.4 is 0 Å². The lowest BCUT2D eigenvalue weighted by molar-refractivity contribution is -0.163. The van der Waals surface area contributed by atoms with Crippen molar-refractivity contribution in [2.24, 2.45) is 0 Å². The van der Waals surface area contributed by atoms with E-state index in [-0.39, 0.29) is 23.7 Å². The zero-order valence-electron chi connectivity index (χ0n) is 15.8. The minimum absolute atomic E-state index is 0.0302. The number of hydrogen-bond donors (Lipinski definition) is 0. The van der Waals surface area contributed by atoms with Gasteiger partial charge in [0.15, 0.2) is 5.79 Å². The van der Waals surface area contributed by atoms with Crippen LogP contribution in [0.3, 0.4) is 0 Å². The predicted octanol–water partition coefficient (Wildman–Crippen LogP) is 3.10. The maximum atomic E-state index is 12.3. The van der Waals surface area contributed by atoms with Crippen molar-refractivity contribution in [1.29, 1.82) is 0 Å². The van der Waals surface area contributed by atoms with Crippen molar-refractivity contribution >= 4 is 10.1 Å². The van der Waals surface area contributed by atoms with Crippen LogP contribution in [0.5, 0.6) is 0 Å². The first-order chi connectivity index (χ1) is 12.9. The summed E-state index contributed by atoms with van der Waals surface area (Å²) in [7, 11) is -3.74. The second-order valence-electron chi connectivity index (χ2n) is 7.64. The van der Waals surface area contributed by atoms with Crippen LogP contribution in [0, 0.1) is 6.92 Å². The average Bonchev–Trinajstić information content (AvgIpc) is 3.23. The molecule has 2 aliphatic heterocycles. The van der Waals surface area contributed by atoms with Crippen LogP contribution in [0.1, 0.15) is 38.2 Å². The van der Waals surface area contributed by atoms with Crippen molar-refractivity contribution in [1.82, 2.24) is 0 Å². The largest absolute Gasteiger partial charge is 0.367 e. The Morgan fingerprint density at radius 2 is 1.81 bits per heavy atom. The first-order valence-corrected chi connectivity index (χ1v) is 10.8. The van der Waals surface area contributed by atoms with E-state index in [0.717, 1.165) is 31.2 Å². The highest BCUT2D eigenvalue weighted by Gasteiger charge is 2.44. The molecule has 0 radical (unpaired) electrons. The van der Waals surface area contributed by atoms with Crippen molar-refractivity contribution in [3.05, 3.63) is 41.0 Å². The van der Waals surface area contributed by atoms with Crippen LogP contribution in [0.4, 0.5) is 0 Å². The highest BCUT2D eigenvalue weighted by Crippen LogP contribution is 2.42. The molecule has 27 heavy (non-hydrogen) atoms. The minimum Gasteiger partial charge on any atom is -0.367 e. The Morgan fingerprint density at radius 1 is 1.11 bits per heavy atom. The summed E-state index contributed by atoms with van der Waals surface area (Å²) < 4.78 is 46.9. The Hall–Kier alpha value is -1.25. The summed E-state index contributed by atoms with van der Waals surface area (Å²) in [4.78, 5) is 0.179. The summed E-state index contributed by atoms with van der Waals surface area (Å²) in [5.41, 5.74) is 3.67. The summed E-state index contributed by atoms with van der Waals surface area (Å²) in [6.45, 7) is 5.43. The maximum absolute atomic E-state index is 12.3. The lowest BCUT2D eigenvalue weighted by Crippen LogP contribution is -2.33. The normalized spacial score (nSPS) is 27.3. The van der Waals surface area contributed by atoms with Gasteiger partial charge in [0.25, 0.3) is 10.1 Å². The Bertz CT molecular complexity index is 821. The number of rotatable bonds is 6. The molecule has 0 N–H and O–H groups in total. The molecule has 1 aromatic carbocycles. The molecule has 1 aromatic rings. The number of epoxide rings is 1. The molecule has 6 nitrogen and oxygen atoms in total. The topological polar surface area (TPSA) is 74.4 Å². The summed E-state index contributed by atoms with van der Waals surface area (Å²) in [5.74, 6) is -0.414. The summed E-state index contributed by atoms with van der Waals surface area (Å²) in [6, 6.07) is 6.65. The van der Waals surface area contributed by atoms with Gasteiger partial charge in [-0.05, 0) is 38.8 Å². The van der Waals surface area contributed by atoms with Crippen molar-refractivity contribution in [2.45, 2.75) is 62.4 Å². The van der Waals surface area contributed by atoms with Gasteiger partial charge in [0.2, 0.25) is 0 Å². The Kier molecular flexibility index (Phi) is 5.16. The highest BCUT2D eigenvalue weighted by atomic mass is 32.2. The van der Waals surface area contributed by atoms with E-state index in [1.807, 2.05) is 6.92 Å². The van der Waals surface area contributed by atoms with Crippen LogP contribution in [-0.4, -0.2) is 46.2 Å². The highest BCUT2D eigenvalue weighted by molar-refractivity contribution is 7.86. The number of ether oxygens (including phenoxy) is 3. The molecule has 1 aliphatic carbocycles. The summed E-state index contributed by atoms with van der Waals surface area (Å²) >= 11 is 0. The van der Waals surface area contributed by atoms with Crippen LogP contribution in [0.25, 0.3) is 0 Å². The fourth-order valence-corrected chi connectivity index (χ4v) is 4.79. The molecular formula is C20H26O6S. The fourth-order valence-electron chi connectivity index (χ4n) is 3.87. The van der Waals surface area contributed by atoms with E-state index in [9.17, 15) is 8.42 Å². The second kappa shape index (κ2) is 7.29. The van der Waals surface area contributed by atoms with Gasteiger partial charge >= 0.3 is 0 Å². The molecule has 3 aliphatic rings. The van der Waals surface area contributed by atoms with Crippen LogP contribution in [0.15, 0.2) is 40.3 Å². The molecule has 0 amide bonds. The number of benzene rings is 1. The van der Waals surface area contributed by atoms with Gasteiger partial charge in [-0.1, -0.05) is 28.8 Å². The van der Waals surface area contributed by atoms with E-state index < -0.39 is 15.9 Å². The minimum atomic E-state index is -3.74. The van der Waals surface area contributed by atoms with Gasteiger partial charge in [0, 0.05) is 12.8 Å². The fraction of sp³-hybridized carbons (Fsp3) is 0.600. The molecule has 0 unspecified atom stereocenters. The van der Waals surface area contributed by atoms with E-state index >= 15 is 0 Å². The Balaban J connectivity index is 1.28. The molecule has 2 fully saturated rings. The lowest BCUT2D eigenvalue weighted by Gasteiger charge is -2.33. The molecular weight excluding hydrogens is 368 g/mol. The summed E-state index contributed by atoms with van der Waals surface area (Å²) in [6.07, 6.45) is 3.29. The molecule has 7 heteroatoms. The van der Waals surface area contributed by atoms with Crippen molar-refractivity contribution in [3.63, 3.8) is 0 Å². The third-order valence-corrected chi connectivity index (χ3v) is 6.89. The number of aryl methyl sites for hydroxylation is 1. The second-order valence-corrected chi connectivity index (χ2v) is 9.25. The van der Waals surface area contributed by atoms with E-state index in [1.165, 1.54) is 11.1 Å². The van der Waals surface area contributed by atoms with Gasteiger partial charge in [-0.3, -0.25) is 4.18 Å². The molecule has 0 saturated carbocycles. The van der Waals surface area contributed by atoms with Gasteiger partial charge in [-0.25, -0.2) is 0 Å². The van der Waals surface area contributed by atoms with E-state index in [1.54, 1.807) is 24.3 Å². The Labute approximate surface area is 160 Å². The van der Waals surface area contributed by atoms with Crippen LogP contribution in [0.2, 0.25) is 0 Å². The first-order valence-electron chi connectivity index (χ1n) is 9.44. The molecule has 0 bridgehead atoms. The van der Waals surface area contributed by atoms with Gasteiger partial charge in [0.05, 0.1) is 30.8 Å². The SMILES string of the molecule is CC1=C(C[C@@H]2O[C@H]2COS(=O)(=O)c2ccc(C)cc2)CCC2(C1)OCCO2. The smallest absolute Gasteiger partial charge is 0.297 e. The van der Waals surface area contributed by atoms with Gasteiger partial charge < -0.3 is 14.2 Å². The molecule has 2 saturated heterocycles. The van der Waals surface area contributed by atoms with Gasteiger partial charge in [-0.2, -0.15) is 8.42 Å². The molecule has 1 spiro atoms. The van der Waals surface area contributed by atoms with Crippen molar-refractivity contribution in [2.75, 3.05) is 19.8 Å². The number of hydrogen-bond acceptors (Lipinski definition) is 6. The van der Waals surface area contributed by atoms with E-state index in [0.29, 0.717) is 13.2 Å². The van der Waals surface area contributed by atoms with Crippen LogP contribution in [-0.2, 0) is 28.5 Å². The third kappa shape index (κ3) is 4.27. The Morgan fingerprint density at radius 3 is 2.48 bits per heavy atom. The first kappa shape index (κ1) is 19.1. The van der Waals surface area contributed by atoms with E-state index in [4.69, 9.17) is 18.4 Å². The zero-order valence-corrected chi connectivity index (χ0v) is 16.6. The van der Waals surface area contributed by atoms with Crippen molar-refractivity contribution < 1.29 is 26.8 Å². The summed E-state index contributed by atoms with van der Waals surface area (Å²) in [5, 5.41) is 0. The molecule has 4 rings (SSSR count). The maximum Gasteiger partial charge on any atom is 0.297 e. The standard InChI is InChI=1S/C20H26O6S/c1-14-3-5-17(6-4-14)27(21,22)25-13-19-18(26-19)11-16-7-8-20(12-15(16)2)23-9-10-24-20/h3-6,18-19H,7-13H2,1-2H3/t18-,19-/m0/s1. The zero-order chi connectivity index (χ0) is 19.1. The van der Waals surface area contributed by atoms with E-state index in [2.05, 4.69) is 6.92 Å².